The van der Waals surface area contributed by atoms with E-state index in [0.29, 0.717) is 11.4 Å². The maximum Gasteiger partial charge on any atom is 0.371 e. The van der Waals surface area contributed by atoms with Gasteiger partial charge in [0, 0.05) is 6.07 Å². The number of carboxylic acid groups (broad SMARTS) is 1. The second-order valence-corrected chi connectivity index (χ2v) is 5.90. The third kappa shape index (κ3) is 2.99. The van der Waals surface area contributed by atoms with Crippen LogP contribution in [0.5, 0.6) is 0 Å². The Morgan fingerprint density at radius 2 is 1.90 bits per heavy atom. The highest BCUT2D eigenvalue weighted by Crippen LogP contribution is 2.21. The Bertz CT molecular complexity index is 812. The van der Waals surface area contributed by atoms with Crippen LogP contribution in [-0.2, 0) is 10.0 Å². The molecule has 2 heterocycles. The highest BCUT2D eigenvalue weighted by Gasteiger charge is 2.25. The first-order valence-electron chi connectivity index (χ1n) is 5.75. The maximum atomic E-state index is 12.2. The summed E-state index contributed by atoms with van der Waals surface area (Å²) in [5.41, 5.74) is 1.10. The van der Waals surface area contributed by atoms with Crippen molar-refractivity contribution in [1.82, 2.24) is 15.2 Å². The minimum Gasteiger partial charge on any atom is -0.475 e. The summed E-state index contributed by atoms with van der Waals surface area (Å²) >= 11 is 0. The van der Waals surface area contributed by atoms with Crippen LogP contribution in [0.3, 0.4) is 0 Å². The molecular weight excluding hydrogens is 300 g/mol. The molecule has 2 rings (SSSR count). The summed E-state index contributed by atoms with van der Waals surface area (Å²) in [4.78, 5) is 14.4. The van der Waals surface area contributed by atoms with Gasteiger partial charge in [-0.15, -0.1) is 5.10 Å². The van der Waals surface area contributed by atoms with Crippen molar-refractivity contribution in [2.45, 2.75) is 25.7 Å². The van der Waals surface area contributed by atoms with Crippen LogP contribution in [0.2, 0.25) is 0 Å². The molecule has 0 radical (unpaired) electrons. The number of nitrogens with one attached hydrogen (secondary N) is 1. The van der Waals surface area contributed by atoms with Crippen LogP contribution in [0.4, 0.5) is 5.95 Å². The van der Waals surface area contributed by atoms with Gasteiger partial charge in [0.2, 0.25) is 5.76 Å². The number of aromatic nitrogens is 3. The molecule has 10 heteroatoms. The highest BCUT2D eigenvalue weighted by atomic mass is 32.2. The topological polar surface area (TPSA) is 135 Å². The first kappa shape index (κ1) is 14.9. The number of carbonyl (C=O) groups is 1. The van der Waals surface area contributed by atoms with E-state index < -0.39 is 21.8 Å². The van der Waals surface area contributed by atoms with Gasteiger partial charge in [0.15, 0.2) is 0 Å². The molecule has 0 saturated heterocycles. The molecule has 0 fully saturated rings. The van der Waals surface area contributed by atoms with E-state index in [-0.39, 0.29) is 16.6 Å². The van der Waals surface area contributed by atoms with Gasteiger partial charge in [0.1, 0.15) is 10.7 Å². The molecule has 21 heavy (non-hydrogen) atoms. The molecule has 0 aliphatic heterocycles. The van der Waals surface area contributed by atoms with Crippen LogP contribution in [-0.4, -0.2) is 34.7 Å². The number of hydrogen-bond acceptors (Lipinski definition) is 7. The molecule has 9 nitrogen and oxygen atoms in total. The molecule has 0 bridgehead atoms. The lowest BCUT2D eigenvalue weighted by atomic mass is 10.4. The van der Waals surface area contributed by atoms with Crippen molar-refractivity contribution in [1.29, 1.82) is 0 Å². The second kappa shape index (κ2) is 5.13. The van der Waals surface area contributed by atoms with E-state index in [2.05, 4.69) is 19.9 Å². The Morgan fingerprint density at radius 1 is 1.24 bits per heavy atom. The van der Waals surface area contributed by atoms with Crippen molar-refractivity contribution in [3.05, 3.63) is 29.0 Å². The molecule has 0 spiro atoms. The van der Waals surface area contributed by atoms with Gasteiger partial charge in [-0.1, -0.05) is 0 Å². The smallest absolute Gasteiger partial charge is 0.371 e. The standard InChI is InChI=1S/C11H12N4O5S/c1-5-6(2)13-14-11(12-5)15-21(18,19)9-4-8(10(16)17)20-7(9)3/h4H,1-3H3,(H,16,17)(H,12,14,15). The van der Waals surface area contributed by atoms with Crippen LogP contribution in [0.15, 0.2) is 15.4 Å². The number of hydrogen-bond donors (Lipinski definition) is 2. The maximum absolute atomic E-state index is 12.2. The van der Waals surface area contributed by atoms with Crippen molar-refractivity contribution in [3.8, 4) is 0 Å². The fourth-order valence-electron chi connectivity index (χ4n) is 1.51. The summed E-state index contributed by atoms with van der Waals surface area (Å²) in [6.07, 6.45) is 0. The van der Waals surface area contributed by atoms with Gasteiger partial charge in [0.05, 0.1) is 11.4 Å². The zero-order chi connectivity index (χ0) is 15.8. The lowest BCUT2D eigenvalue weighted by molar-refractivity contribution is 0.0661. The van der Waals surface area contributed by atoms with E-state index in [1.165, 1.54) is 6.92 Å². The zero-order valence-corrected chi connectivity index (χ0v) is 12.2. The first-order chi connectivity index (χ1) is 9.70. The molecule has 0 saturated carbocycles. The molecule has 2 N–H and O–H groups in total. The lowest BCUT2D eigenvalue weighted by Crippen LogP contribution is -2.16. The van der Waals surface area contributed by atoms with Crippen molar-refractivity contribution >= 4 is 21.9 Å². The molecule has 0 aromatic carbocycles. The number of nitrogens with zero attached hydrogens (tertiary/aromatic N) is 3. The normalized spacial score (nSPS) is 11.4. The predicted molar refractivity (Wildman–Crippen MR) is 70.5 cm³/mol. The van der Waals surface area contributed by atoms with E-state index in [1.807, 2.05) is 0 Å². The SMILES string of the molecule is Cc1nnc(NS(=O)(=O)c2cc(C(=O)O)oc2C)nc1C. The number of carboxylic acids is 1. The van der Waals surface area contributed by atoms with E-state index in [0.717, 1.165) is 6.07 Å². The van der Waals surface area contributed by atoms with Gasteiger partial charge in [-0.05, 0) is 20.8 Å². The van der Waals surface area contributed by atoms with Crippen LogP contribution in [0, 0.1) is 20.8 Å². The number of rotatable bonds is 4. The van der Waals surface area contributed by atoms with Crippen LogP contribution in [0.1, 0.15) is 27.7 Å². The Morgan fingerprint density at radius 3 is 2.43 bits per heavy atom. The summed E-state index contributed by atoms with van der Waals surface area (Å²) < 4.78 is 31.4. The van der Waals surface area contributed by atoms with Gasteiger partial charge in [-0.25, -0.2) is 22.9 Å². The van der Waals surface area contributed by atoms with Crippen molar-refractivity contribution in [2.75, 3.05) is 4.72 Å². The summed E-state index contributed by atoms with van der Waals surface area (Å²) in [5, 5.41) is 16.2. The molecule has 0 amide bonds. The van der Waals surface area contributed by atoms with Gasteiger partial charge >= 0.3 is 5.97 Å². The van der Waals surface area contributed by atoms with Crippen molar-refractivity contribution in [2.24, 2.45) is 0 Å². The first-order valence-corrected chi connectivity index (χ1v) is 7.23. The van der Waals surface area contributed by atoms with Gasteiger partial charge in [-0.3, -0.25) is 0 Å². The molecule has 2 aromatic heterocycles. The van der Waals surface area contributed by atoms with E-state index in [4.69, 9.17) is 9.52 Å². The minimum absolute atomic E-state index is 0.0447. The van der Waals surface area contributed by atoms with Crippen molar-refractivity contribution in [3.63, 3.8) is 0 Å². The molecule has 0 atom stereocenters. The van der Waals surface area contributed by atoms with Gasteiger partial charge < -0.3 is 9.52 Å². The summed E-state index contributed by atoms with van der Waals surface area (Å²) in [7, 11) is -4.06. The Hall–Kier alpha value is -2.49. The molecular formula is C11H12N4O5S. The molecule has 0 aliphatic rings. The molecule has 0 aliphatic carbocycles. The average Bonchev–Trinajstić information content (AvgIpc) is 2.77. The minimum atomic E-state index is -4.06. The third-order valence-corrected chi connectivity index (χ3v) is 4.13. The number of aromatic carboxylic acids is 1. The largest absolute Gasteiger partial charge is 0.475 e. The highest BCUT2D eigenvalue weighted by molar-refractivity contribution is 7.92. The van der Waals surface area contributed by atoms with Crippen molar-refractivity contribution < 1.29 is 22.7 Å². The number of aryl methyl sites for hydroxylation is 3. The Balaban J connectivity index is 2.38. The fraction of sp³-hybridized carbons (Fsp3) is 0.273. The molecule has 112 valence electrons. The summed E-state index contributed by atoms with van der Waals surface area (Å²) in [5.74, 6) is -2.07. The second-order valence-electron chi connectivity index (χ2n) is 4.25. The average molecular weight is 312 g/mol. The predicted octanol–water partition coefficient (Wildman–Crippen LogP) is 0.889. The third-order valence-electron chi connectivity index (χ3n) is 2.69. The van der Waals surface area contributed by atoms with E-state index in [9.17, 15) is 13.2 Å². The Labute approximate surface area is 120 Å². The van der Waals surface area contributed by atoms with E-state index in [1.54, 1.807) is 13.8 Å². The fourth-order valence-corrected chi connectivity index (χ4v) is 2.63. The molecule has 0 unspecified atom stereocenters. The number of anilines is 1. The van der Waals surface area contributed by atoms with Crippen LogP contribution >= 0.6 is 0 Å². The Kier molecular flexibility index (Phi) is 3.64. The van der Waals surface area contributed by atoms with Gasteiger partial charge in [0.25, 0.3) is 16.0 Å². The van der Waals surface area contributed by atoms with Crippen LogP contribution < -0.4 is 4.72 Å². The lowest BCUT2D eigenvalue weighted by Gasteiger charge is -2.05. The zero-order valence-electron chi connectivity index (χ0n) is 11.4. The van der Waals surface area contributed by atoms with Gasteiger partial charge in [-0.2, -0.15) is 5.10 Å². The van der Waals surface area contributed by atoms with Crippen LogP contribution in [0.25, 0.3) is 0 Å². The number of furan rings is 1. The van der Waals surface area contributed by atoms with E-state index >= 15 is 0 Å². The summed E-state index contributed by atoms with van der Waals surface area (Å²) in [6.45, 7) is 4.70. The monoisotopic (exact) mass is 312 g/mol. The summed E-state index contributed by atoms with van der Waals surface area (Å²) in [6, 6.07) is 0.925. The quantitative estimate of drug-likeness (QED) is 0.849. The number of sulfonamides is 1. The molecule has 2 aromatic rings.